The van der Waals surface area contributed by atoms with E-state index in [0.29, 0.717) is 5.92 Å². The largest absolute Gasteiger partial charge is 0.316 e. The first-order valence-corrected chi connectivity index (χ1v) is 6.93. The molecular weight excluding hydrogens is 224 g/mol. The van der Waals surface area contributed by atoms with E-state index >= 15 is 0 Å². The maximum Gasteiger partial charge on any atom is 0.248 e. The summed E-state index contributed by atoms with van der Waals surface area (Å²) in [5.41, 5.74) is 8.01. The second-order valence-electron chi connectivity index (χ2n) is 5.49. The Morgan fingerprint density at radius 1 is 1.17 bits per heavy atom. The molecule has 3 nitrogen and oxygen atoms in total. The average Bonchev–Trinajstić information content (AvgIpc) is 2.66. The first-order chi connectivity index (χ1) is 8.77. The van der Waals surface area contributed by atoms with Crippen molar-refractivity contribution in [3.8, 4) is 0 Å². The van der Waals surface area contributed by atoms with Crippen molar-refractivity contribution >= 4 is 11.6 Å². The molecule has 0 spiro atoms. The average molecular weight is 244 g/mol. The summed E-state index contributed by atoms with van der Waals surface area (Å²) in [5, 5.41) is 0. The van der Waals surface area contributed by atoms with Gasteiger partial charge in [-0.3, -0.25) is 4.79 Å². The number of benzene rings is 1. The zero-order valence-electron chi connectivity index (χ0n) is 10.6. The Kier molecular flexibility index (Phi) is 3.08. The molecule has 1 heterocycles. The Morgan fingerprint density at radius 3 is 2.67 bits per heavy atom. The van der Waals surface area contributed by atoms with Gasteiger partial charge in [-0.25, -0.2) is 0 Å². The van der Waals surface area contributed by atoms with Crippen LogP contribution in [0.15, 0.2) is 24.3 Å². The maximum absolute atomic E-state index is 12.2. The molecule has 0 saturated heterocycles. The molecule has 1 aliphatic carbocycles. The summed E-state index contributed by atoms with van der Waals surface area (Å²) < 4.78 is 0. The fourth-order valence-corrected chi connectivity index (χ4v) is 3.23. The van der Waals surface area contributed by atoms with Gasteiger partial charge >= 0.3 is 0 Å². The first kappa shape index (κ1) is 11.7. The van der Waals surface area contributed by atoms with Gasteiger partial charge in [-0.05, 0) is 24.8 Å². The van der Waals surface area contributed by atoms with Crippen molar-refractivity contribution in [3.63, 3.8) is 0 Å². The van der Waals surface area contributed by atoms with Crippen LogP contribution in [0.2, 0.25) is 0 Å². The van der Waals surface area contributed by atoms with Crippen LogP contribution < -0.4 is 10.6 Å². The zero-order valence-corrected chi connectivity index (χ0v) is 10.6. The second-order valence-corrected chi connectivity index (χ2v) is 5.49. The number of hydrogen-bond acceptors (Lipinski definition) is 2. The topological polar surface area (TPSA) is 46.3 Å². The van der Waals surface area contributed by atoms with E-state index in [1.54, 1.807) is 0 Å². The molecule has 2 N–H and O–H groups in total. The summed E-state index contributed by atoms with van der Waals surface area (Å²) in [6.45, 7) is 0.851. The second kappa shape index (κ2) is 4.73. The van der Waals surface area contributed by atoms with E-state index in [4.69, 9.17) is 5.73 Å². The molecule has 1 aromatic rings. The molecule has 0 aromatic heterocycles. The number of nitrogens with two attached hydrogens (primary N) is 1. The summed E-state index contributed by atoms with van der Waals surface area (Å²) in [7, 11) is 0. The summed E-state index contributed by atoms with van der Waals surface area (Å²) in [6, 6.07) is 7.47. The van der Waals surface area contributed by atoms with E-state index in [9.17, 15) is 4.79 Å². The van der Waals surface area contributed by atoms with Gasteiger partial charge in [-0.2, -0.15) is 0 Å². The minimum absolute atomic E-state index is 0.0711. The smallest absolute Gasteiger partial charge is 0.248 e. The number of carbonyl (C=O) groups excluding carboxylic acids is 1. The Balaban J connectivity index is 1.81. The fourth-order valence-electron chi connectivity index (χ4n) is 3.23. The third-order valence-electron chi connectivity index (χ3n) is 4.26. The molecule has 96 valence electrons. The van der Waals surface area contributed by atoms with Crippen LogP contribution in [0.3, 0.4) is 0 Å². The summed E-state index contributed by atoms with van der Waals surface area (Å²) in [6.07, 6.45) is 6.46. The number of carbonyl (C=O) groups is 1. The molecule has 1 aliphatic heterocycles. The molecular formula is C15H20N2O. The predicted molar refractivity (Wildman–Crippen MR) is 72.3 cm³/mol. The minimum atomic E-state index is -0.454. The van der Waals surface area contributed by atoms with Gasteiger partial charge in [-0.1, -0.05) is 37.5 Å². The lowest BCUT2D eigenvalue weighted by Crippen LogP contribution is -2.36. The van der Waals surface area contributed by atoms with Crippen molar-refractivity contribution in [3.05, 3.63) is 29.8 Å². The van der Waals surface area contributed by atoms with Crippen LogP contribution in [0.5, 0.6) is 0 Å². The standard InChI is InChI=1S/C15H20N2O/c16-14-12-8-4-5-9-13(12)17(15(14)18)10-11-6-2-1-3-7-11/h4-5,8-9,11,14H,1-3,6-7,10,16H2. The van der Waals surface area contributed by atoms with Crippen LogP contribution in [0.4, 0.5) is 5.69 Å². The van der Waals surface area contributed by atoms with Gasteiger partial charge < -0.3 is 10.6 Å². The monoisotopic (exact) mass is 244 g/mol. The van der Waals surface area contributed by atoms with E-state index in [2.05, 4.69) is 0 Å². The molecule has 0 bridgehead atoms. The van der Waals surface area contributed by atoms with Gasteiger partial charge in [0.2, 0.25) is 5.91 Å². The molecule has 1 amide bonds. The van der Waals surface area contributed by atoms with Crippen LogP contribution in [0.1, 0.15) is 43.7 Å². The molecule has 0 radical (unpaired) electrons. The van der Waals surface area contributed by atoms with Gasteiger partial charge in [0.05, 0.1) is 0 Å². The van der Waals surface area contributed by atoms with Crippen LogP contribution in [-0.4, -0.2) is 12.5 Å². The lowest BCUT2D eigenvalue weighted by Gasteiger charge is -2.27. The van der Waals surface area contributed by atoms with Crippen molar-refractivity contribution in [1.82, 2.24) is 0 Å². The highest BCUT2D eigenvalue weighted by atomic mass is 16.2. The van der Waals surface area contributed by atoms with Gasteiger partial charge in [0.25, 0.3) is 0 Å². The number of amides is 1. The number of rotatable bonds is 2. The van der Waals surface area contributed by atoms with Gasteiger partial charge in [0.1, 0.15) is 6.04 Å². The maximum atomic E-state index is 12.2. The molecule has 18 heavy (non-hydrogen) atoms. The number of nitrogens with zero attached hydrogens (tertiary/aromatic N) is 1. The van der Waals surface area contributed by atoms with Crippen LogP contribution in [-0.2, 0) is 4.79 Å². The van der Waals surface area contributed by atoms with Crippen LogP contribution in [0, 0.1) is 5.92 Å². The Morgan fingerprint density at radius 2 is 1.89 bits per heavy atom. The third kappa shape index (κ3) is 1.93. The quantitative estimate of drug-likeness (QED) is 0.869. The molecule has 1 fully saturated rings. The fraction of sp³-hybridized carbons (Fsp3) is 0.533. The molecule has 1 aromatic carbocycles. The summed E-state index contributed by atoms with van der Waals surface area (Å²) >= 11 is 0. The highest BCUT2D eigenvalue weighted by Gasteiger charge is 2.35. The van der Waals surface area contributed by atoms with E-state index < -0.39 is 6.04 Å². The van der Waals surface area contributed by atoms with E-state index in [0.717, 1.165) is 17.8 Å². The number of hydrogen-bond donors (Lipinski definition) is 1. The number of anilines is 1. The molecule has 1 atom stereocenters. The highest BCUT2D eigenvalue weighted by Crippen LogP contribution is 2.36. The van der Waals surface area contributed by atoms with E-state index in [1.165, 1.54) is 32.1 Å². The first-order valence-electron chi connectivity index (χ1n) is 6.93. The SMILES string of the molecule is NC1C(=O)N(CC2CCCCC2)c2ccccc21. The van der Waals surface area contributed by atoms with Gasteiger partial charge in [0.15, 0.2) is 0 Å². The molecule has 3 heteroatoms. The van der Waals surface area contributed by atoms with E-state index in [-0.39, 0.29) is 5.91 Å². The minimum Gasteiger partial charge on any atom is -0.316 e. The summed E-state index contributed by atoms with van der Waals surface area (Å²) in [4.78, 5) is 14.1. The lowest BCUT2D eigenvalue weighted by molar-refractivity contribution is -0.119. The molecule has 3 rings (SSSR count). The van der Waals surface area contributed by atoms with Gasteiger partial charge in [0, 0.05) is 17.8 Å². The summed E-state index contributed by atoms with van der Waals surface area (Å²) in [5.74, 6) is 0.725. The Hall–Kier alpha value is -1.35. The normalized spacial score (nSPS) is 24.4. The van der Waals surface area contributed by atoms with Crippen molar-refractivity contribution in [2.45, 2.75) is 38.1 Å². The van der Waals surface area contributed by atoms with Crippen LogP contribution in [0.25, 0.3) is 0 Å². The molecule has 2 aliphatic rings. The van der Waals surface area contributed by atoms with E-state index in [1.807, 2.05) is 29.2 Å². The van der Waals surface area contributed by atoms with Crippen molar-refractivity contribution < 1.29 is 4.79 Å². The zero-order chi connectivity index (χ0) is 12.5. The Bertz CT molecular complexity index is 452. The highest BCUT2D eigenvalue weighted by molar-refractivity contribution is 6.04. The van der Waals surface area contributed by atoms with Gasteiger partial charge in [-0.15, -0.1) is 0 Å². The van der Waals surface area contributed by atoms with Crippen LogP contribution >= 0.6 is 0 Å². The van der Waals surface area contributed by atoms with Crippen molar-refractivity contribution in [2.75, 3.05) is 11.4 Å². The Labute approximate surface area is 108 Å². The number of para-hydroxylation sites is 1. The molecule has 1 unspecified atom stereocenters. The lowest BCUT2D eigenvalue weighted by atomic mass is 9.89. The van der Waals surface area contributed by atoms with Crippen molar-refractivity contribution in [2.24, 2.45) is 11.7 Å². The number of fused-ring (bicyclic) bond motifs is 1. The third-order valence-corrected chi connectivity index (χ3v) is 4.26. The molecule has 1 saturated carbocycles. The predicted octanol–water partition coefficient (Wildman–Crippen LogP) is 2.61. The van der Waals surface area contributed by atoms with Crippen molar-refractivity contribution in [1.29, 1.82) is 0 Å².